The van der Waals surface area contributed by atoms with Crippen LogP contribution in [0.3, 0.4) is 0 Å². The second-order valence-electron chi connectivity index (χ2n) is 4.93. The minimum Gasteiger partial charge on any atom is -0.370 e. The smallest absolute Gasteiger partial charge is 0.193 e. The standard InChI is InChI=1S/C16H19ClN4/c1-11-3-5-14(9-12(11)2)21-16(18)19-8-7-13-4-6-15(17)20-10-13/h3-6,9-10H,7-8H2,1-2H3,(H3,18,19,21). The molecule has 3 N–H and O–H groups in total. The molecule has 0 unspecified atom stereocenters. The van der Waals surface area contributed by atoms with E-state index in [1.54, 1.807) is 12.3 Å². The van der Waals surface area contributed by atoms with E-state index in [0.717, 1.165) is 17.7 Å². The van der Waals surface area contributed by atoms with Crippen LogP contribution in [0.2, 0.25) is 5.15 Å². The summed E-state index contributed by atoms with van der Waals surface area (Å²) in [6, 6.07) is 9.83. The van der Waals surface area contributed by atoms with Crippen LogP contribution >= 0.6 is 11.6 Å². The van der Waals surface area contributed by atoms with Gasteiger partial charge in [0.05, 0.1) is 0 Å². The molecule has 0 bridgehead atoms. The fourth-order valence-corrected chi connectivity index (χ4v) is 1.98. The zero-order valence-corrected chi connectivity index (χ0v) is 13.0. The van der Waals surface area contributed by atoms with E-state index in [9.17, 15) is 0 Å². The highest BCUT2D eigenvalue weighted by molar-refractivity contribution is 6.29. The number of rotatable bonds is 4. The molecule has 4 nitrogen and oxygen atoms in total. The second-order valence-corrected chi connectivity index (χ2v) is 5.32. The van der Waals surface area contributed by atoms with Gasteiger partial charge >= 0.3 is 0 Å². The summed E-state index contributed by atoms with van der Waals surface area (Å²) >= 11 is 5.74. The number of pyridine rings is 1. The third-order valence-corrected chi connectivity index (χ3v) is 3.47. The van der Waals surface area contributed by atoms with Crippen molar-refractivity contribution in [2.45, 2.75) is 20.3 Å². The Morgan fingerprint density at radius 3 is 2.71 bits per heavy atom. The predicted octanol–water partition coefficient (Wildman–Crippen LogP) is 3.32. The number of hydrogen-bond acceptors (Lipinski definition) is 2. The third-order valence-electron chi connectivity index (χ3n) is 3.25. The lowest BCUT2D eigenvalue weighted by Crippen LogP contribution is -2.23. The highest BCUT2D eigenvalue weighted by Crippen LogP contribution is 2.13. The molecule has 5 heteroatoms. The summed E-state index contributed by atoms with van der Waals surface area (Å²) in [5.74, 6) is 0.417. The van der Waals surface area contributed by atoms with Crippen LogP contribution in [-0.2, 0) is 6.42 Å². The fraction of sp³-hybridized carbons (Fsp3) is 0.250. The molecule has 110 valence electrons. The quantitative estimate of drug-likeness (QED) is 0.517. The van der Waals surface area contributed by atoms with E-state index in [0.29, 0.717) is 17.7 Å². The van der Waals surface area contributed by atoms with Gasteiger partial charge < -0.3 is 11.1 Å². The van der Waals surface area contributed by atoms with Gasteiger partial charge in [0.2, 0.25) is 0 Å². The minimum absolute atomic E-state index is 0.417. The van der Waals surface area contributed by atoms with Gasteiger partial charge in [-0.3, -0.25) is 4.99 Å². The number of anilines is 1. The van der Waals surface area contributed by atoms with Crippen molar-refractivity contribution in [2.75, 3.05) is 11.9 Å². The number of aromatic nitrogens is 1. The van der Waals surface area contributed by atoms with E-state index in [4.69, 9.17) is 17.3 Å². The normalized spacial score (nSPS) is 11.5. The van der Waals surface area contributed by atoms with Gasteiger partial charge in [-0.1, -0.05) is 23.7 Å². The largest absolute Gasteiger partial charge is 0.370 e. The van der Waals surface area contributed by atoms with Gasteiger partial charge in [-0.2, -0.15) is 0 Å². The molecular formula is C16H19ClN4. The van der Waals surface area contributed by atoms with Gasteiger partial charge in [0.25, 0.3) is 0 Å². The van der Waals surface area contributed by atoms with Gasteiger partial charge in [-0.15, -0.1) is 0 Å². The van der Waals surface area contributed by atoms with E-state index in [2.05, 4.69) is 41.3 Å². The number of hydrogen-bond donors (Lipinski definition) is 2. The lowest BCUT2D eigenvalue weighted by atomic mass is 10.1. The third kappa shape index (κ3) is 4.76. The van der Waals surface area contributed by atoms with Gasteiger partial charge in [-0.05, 0) is 55.2 Å². The summed E-state index contributed by atoms with van der Waals surface area (Å²) in [6.45, 7) is 4.76. The zero-order chi connectivity index (χ0) is 15.2. The molecule has 1 aromatic carbocycles. The molecule has 0 fully saturated rings. The van der Waals surface area contributed by atoms with Gasteiger partial charge in [-0.25, -0.2) is 4.98 Å². The molecule has 21 heavy (non-hydrogen) atoms. The molecule has 0 radical (unpaired) electrons. The van der Waals surface area contributed by atoms with Crippen LogP contribution in [0.25, 0.3) is 0 Å². The molecule has 0 aliphatic heterocycles. The number of benzene rings is 1. The number of aryl methyl sites for hydroxylation is 2. The average Bonchev–Trinajstić information content (AvgIpc) is 2.45. The number of guanidine groups is 1. The molecule has 2 aromatic rings. The van der Waals surface area contributed by atoms with Crippen molar-refractivity contribution in [1.29, 1.82) is 0 Å². The monoisotopic (exact) mass is 302 g/mol. The van der Waals surface area contributed by atoms with Crippen LogP contribution in [-0.4, -0.2) is 17.5 Å². The summed E-state index contributed by atoms with van der Waals surface area (Å²) in [5, 5.41) is 3.59. The molecule has 2 rings (SSSR count). The van der Waals surface area contributed by atoms with E-state index in [1.165, 1.54) is 11.1 Å². The molecular weight excluding hydrogens is 284 g/mol. The van der Waals surface area contributed by atoms with Crippen molar-refractivity contribution in [2.24, 2.45) is 10.7 Å². The van der Waals surface area contributed by atoms with Gasteiger partial charge in [0, 0.05) is 18.4 Å². The Kier molecular flexibility index (Phi) is 5.17. The molecule has 0 saturated carbocycles. The van der Waals surface area contributed by atoms with Crippen LogP contribution in [0.4, 0.5) is 5.69 Å². The topological polar surface area (TPSA) is 63.3 Å². The fourth-order valence-electron chi connectivity index (χ4n) is 1.87. The van der Waals surface area contributed by atoms with E-state index >= 15 is 0 Å². The zero-order valence-electron chi connectivity index (χ0n) is 12.2. The number of nitrogens with one attached hydrogen (secondary N) is 1. The minimum atomic E-state index is 0.417. The van der Waals surface area contributed by atoms with E-state index in [-0.39, 0.29) is 0 Å². The maximum Gasteiger partial charge on any atom is 0.193 e. The Morgan fingerprint density at radius 2 is 2.05 bits per heavy atom. The molecule has 0 spiro atoms. The average molecular weight is 303 g/mol. The first kappa shape index (κ1) is 15.3. The molecule has 1 aromatic heterocycles. The predicted molar refractivity (Wildman–Crippen MR) is 89.0 cm³/mol. The van der Waals surface area contributed by atoms with Crippen molar-refractivity contribution in [3.05, 3.63) is 58.4 Å². The summed E-state index contributed by atoms with van der Waals surface area (Å²) < 4.78 is 0. The van der Waals surface area contributed by atoms with Crippen LogP contribution in [0.1, 0.15) is 16.7 Å². The Bertz CT molecular complexity index is 635. The Hall–Kier alpha value is -2.07. The van der Waals surface area contributed by atoms with Crippen LogP contribution in [0, 0.1) is 13.8 Å². The maximum atomic E-state index is 5.88. The Morgan fingerprint density at radius 1 is 1.24 bits per heavy atom. The number of nitrogens with zero attached hydrogens (tertiary/aromatic N) is 2. The number of nitrogens with two attached hydrogens (primary N) is 1. The molecule has 0 amide bonds. The second kappa shape index (κ2) is 7.09. The van der Waals surface area contributed by atoms with E-state index in [1.807, 2.05) is 12.1 Å². The lowest BCUT2D eigenvalue weighted by Gasteiger charge is -2.08. The summed E-state index contributed by atoms with van der Waals surface area (Å²) in [7, 11) is 0. The first-order valence-corrected chi connectivity index (χ1v) is 7.17. The van der Waals surface area contributed by atoms with Crippen molar-refractivity contribution >= 4 is 23.2 Å². The molecule has 0 atom stereocenters. The van der Waals surface area contributed by atoms with E-state index < -0.39 is 0 Å². The maximum absolute atomic E-state index is 5.88. The Labute approximate surface area is 130 Å². The molecule has 1 heterocycles. The van der Waals surface area contributed by atoms with Crippen molar-refractivity contribution in [3.8, 4) is 0 Å². The van der Waals surface area contributed by atoms with Crippen LogP contribution < -0.4 is 11.1 Å². The molecule has 0 aliphatic rings. The number of aliphatic imine (C=N–C) groups is 1. The number of halogens is 1. The van der Waals surface area contributed by atoms with Gasteiger partial charge in [0.15, 0.2) is 5.96 Å². The summed E-state index contributed by atoms with van der Waals surface area (Å²) in [5.41, 5.74) is 10.4. The van der Waals surface area contributed by atoms with Crippen molar-refractivity contribution in [3.63, 3.8) is 0 Å². The molecule has 0 aliphatic carbocycles. The van der Waals surface area contributed by atoms with Crippen LogP contribution in [0.5, 0.6) is 0 Å². The molecule has 0 saturated heterocycles. The van der Waals surface area contributed by atoms with Crippen molar-refractivity contribution in [1.82, 2.24) is 4.98 Å². The Balaban J connectivity index is 1.89. The first-order chi connectivity index (χ1) is 10.0. The lowest BCUT2D eigenvalue weighted by molar-refractivity contribution is 0.955. The van der Waals surface area contributed by atoms with Crippen LogP contribution in [0.15, 0.2) is 41.5 Å². The van der Waals surface area contributed by atoms with Gasteiger partial charge in [0.1, 0.15) is 5.15 Å². The summed E-state index contributed by atoms with van der Waals surface area (Å²) in [6.07, 6.45) is 2.53. The highest BCUT2D eigenvalue weighted by atomic mass is 35.5. The summed E-state index contributed by atoms with van der Waals surface area (Å²) in [4.78, 5) is 8.34. The highest BCUT2D eigenvalue weighted by Gasteiger charge is 1.98. The first-order valence-electron chi connectivity index (χ1n) is 6.79. The SMILES string of the molecule is Cc1ccc(NC(N)=NCCc2ccc(Cl)nc2)cc1C. The van der Waals surface area contributed by atoms with Crippen molar-refractivity contribution < 1.29 is 0 Å².